The van der Waals surface area contributed by atoms with Gasteiger partial charge in [0.15, 0.2) is 11.5 Å². The van der Waals surface area contributed by atoms with Crippen molar-refractivity contribution in [1.82, 2.24) is 25.1 Å². The van der Waals surface area contributed by atoms with Gasteiger partial charge in [0.2, 0.25) is 0 Å². The third-order valence-corrected chi connectivity index (χ3v) is 6.49. The molecule has 13 heteroatoms. The van der Waals surface area contributed by atoms with E-state index in [9.17, 15) is 18.4 Å². The Morgan fingerprint density at radius 3 is 2.55 bits per heavy atom. The molecule has 1 aliphatic carbocycles. The average Bonchev–Trinajstić information content (AvgIpc) is 3.61. The molecule has 1 saturated carbocycles. The zero-order chi connectivity index (χ0) is 27.0. The number of rotatable bonds is 8. The van der Waals surface area contributed by atoms with Crippen LogP contribution in [0.3, 0.4) is 0 Å². The minimum Gasteiger partial charge on any atom is -0.378 e. The number of primary amides is 1. The number of carbonyl (C=O) groups excluding carboxylic acids is 2. The quantitative estimate of drug-likeness (QED) is 0.409. The number of alkyl halides is 2. The standard InChI is InChI=1S/C25H29F2N9O2/c1-34(2)18-5-3-15(4-6-18)24(38)32-16-9-25(26,27)14-35(12-16)20-11-29-21(22(28)37)23(33-20)31-17-10-30-36(13-17)19-7-8-19/h3-6,10-11,13,16,19H,7-9,12,14H2,1-2H3,(H2,28,37)(H,31,33)(H,32,38)/t16-/m1/s1. The first-order chi connectivity index (χ1) is 18.1. The maximum atomic E-state index is 14.8. The third-order valence-electron chi connectivity index (χ3n) is 6.49. The number of nitrogens with one attached hydrogen (secondary N) is 2. The molecule has 3 aromatic rings. The van der Waals surface area contributed by atoms with Crippen molar-refractivity contribution < 1.29 is 18.4 Å². The fourth-order valence-electron chi connectivity index (χ4n) is 4.43. The van der Waals surface area contributed by atoms with Crippen molar-refractivity contribution in [3.63, 3.8) is 0 Å². The second kappa shape index (κ2) is 9.88. The number of nitrogens with zero attached hydrogens (tertiary/aromatic N) is 6. The van der Waals surface area contributed by atoms with Gasteiger partial charge in [-0.05, 0) is 37.1 Å². The SMILES string of the molecule is CN(C)c1ccc(C(=O)N[C@H]2CN(c3cnc(C(N)=O)c(Nc4cnn(C5CC5)c4)n3)CC(F)(F)C2)cc1. The van der Waals surface area contributed by atoms with Crippen LogP contribution in [0.25, 0.3) is 0 Å². The number of piperidine rings is 1. The molecule has 5 rings (SSSR count). The van der Waals surface area contributed by atoms with Crippen molar-refractivity contribution in [2.45, 2.75) is 37.3 Å². The smallest absolute Gasteiger partial charge is 0.271 e. The van der Waals surface area contributed by atoms with Crippen LogP contribution < -0.4 is 26.2 Å². The maximum absolute atomic E-state index is 14.8. The maximum Gasteiger partial charge on any atom is 0.271 e. The topological polar surface area (TPSA) is 134 Å². The van der Waals surface area contributed by atoms with Crippen LogP contribution in [0, 0.1) is 0 Å². The number of nitrogens with two attached hydrogens (primary N) is 1. The largest absolute Gasteiger partial charge is 0.378 e. The summed E-state index contributed by atoms with van der Waals surface area (Å²) in [5.74, 6) is -4.17. The Bertz CT molecular complexity index is 1340. The van der Waals surface area contributed by atoms with Crippen LogP contribution in [0.4, 0.5) is 31.8 Å². The summed E-state index contributed by atoms with van der Waals surface area (Å²) >= 11 is 0. The Morgan fingerprint density at radius 1 is 1.16 bits per heavy atom. The molecule has 2 fully saturated rings. The van der Waals surface area contributed by atoms with E-state index in [1.54, 1.807) is 36.7 Å². The Kier molecular flexibility index (Phi) is 6.59. The van der Waals surface area contributed by atoms with E-state index >= 15 is 0 Å². The lowest BCUT2D eigenvalue weighted by Crippen LogP contribution is -2.55. The van der Waals surface area contributed by atoms with Crippen LogP contribution in [0.2, 0.25) is 0 Å². The molecule has 0 radical (unpaired) electrons. The summed E-state index contributed by atoms with van der Waals surface area (Å²) in [6, 6.07) is 6.39. The highest BCUT2D eigenvalue weighted by atomic mass is 19.3. The Morgan fingerprint density at radius 2 is 1.89 bits per heavy atom. The van der Waals surface area contributed by atoms with Gasteiger partial charge in [-0.25, -0.2) is 18.7 Å². The number of amides is 2. The van der Waals surface area contributed by atoms with E-state index < -0.39 is 36.7 Å². The lowest BCUT2D eigenvalue weighted by molar-refractivity contribution is -0.0208. The second-order valence-corrected chi connectivity index (χ2v) is 9.91. The zero-order valence-corrected chi connectivity index (χ0v) is 21.1. The van der Waals surface area contributed by atoms with Gasteiger partial charge < -0.3 is 26.2 Å². The summed E-state index contributed by atoms with van der Waals surface area (Å²) in [6.45, 7) is -0.526. The summed E-state index contributed by atoms with van der Waals surface area (Å²) in [5, 5.41) is 10.0. The van der Waals surface area contributed by atoms with E-state index in [0.29, 0.717) is 17.3 Å². The summed E-state index contributed by atoms with van der Waals surface area (Å²) in [7, 11) is 3.77. The van der Waals surface area contributed by atoms with Crippen molar-refractivity contribution in [2.24, 2.45) is 5.73 Å². The fraction of sp³-hybridized carbons (Fsp3) is 0.400. The predicted octanol–water partition coefficient (Wildman–Crippen LogP) is 2.56. The molecule has 200 valence electrons. The van der Waals surface area contributed by atoms with Gasteiger partial charge in [0, 0.05) is 44.5 Å². The Balaban J connectivity index is 1.34. The number of carbonyl (C=O) groups is 2. The molecule has 1 aliphatic heterocycles. The average molecular weight is 526 g/mol. The zero-order valence-electron chi connectivity index (χ0n) is 21.1. The van der Waals surface area contributed by atoms with Gasteiger partial charge >= 0.3 is 0 Å². The van der Waals surface area contributed by atoms with Gasteiger partial charge in [-0.15, -0.1) is 0 Å². The predicted molar refractivity (Wildman–Crippen MR) is 138 cm³/mol. The van der Waals surface area contributed by atoms with E-state index in [4.69, 9.17) is 5.73 Å². The van der Waals surface area contributed by atoms with Crippen LogP contribution in [0.1, 0.15) is 46.2 Å². The molecule has 11 nitrogen and oxygen atoms in total. The Labute approximate surface area is 218 Å². The lowest BCUT2D eigenvalue weighted by Gasteiger charge is -2.38. The number of benzene rings is 1. The van der Waals surface area contributed by atoms with Gasteiger partial charge in [0.1, 0.15) is 5.82 Å². The minimum atomic E-state index is -3.09. The number of anilines is 4. The molecule has 0 bridgehead atoms. The van der Waals surface area contributed by atoms with Gasteiger partial charge in [0.05, 0.1) is 36.7 Å². The van der Waals surface area contributed by atoms with Crippen molar-refractivity contribution in [2.75, 3.05) is 42.3 Å². The summed E-state index contributed by atoms with van der Waals surface area (Å²) in [5.41, 5.74) is 7.21. The highest BCUT2D eigenvalue weighted by Gasteiger charge is 2.41. The van der Waals surface area contributed by atoms with Crippen LogP contribution in [-0.2, 0) is 0 Å². The van der Waals surface area contributed by atoms with E-state index in [0.717, 1.165) is 18.5 Å². The first-order valence-electron chi connectivity index (χ1n) is 12.3. The van der Waals surface area contributed by atoms with Crippen LogP contribution in [0.5, 0.6) is 0 Å². The highest BCUT2D eigenvalue weighted by molar-refractivity contribution is 5.96. The van der Waals surface area contributed by atoms with E-state index in [2.05, 4.69) is 25.7 Å². The normalized spacial score (nSPS) is 18.6. The van der Waals surface area contributed by atoms with Crippen molar-refractivity contribution >= 4 is 34.8 Å². The minimum absolute atomic E-state index is 0.0424. The molecule has 2 aromatic heterocycles. The lowest BCUT2D eigenvalue weighted by atomic mass is 10.0. The van der Waals surface area contributed by atoms with Crippen LogP contribution in [0.15, 0.2) is 42.9 Å². The molecule has 0 unspecified atom stereocenters. The number of hydrogen-bond acceptors (Lipinski definition) is 8. The molecule has 1 saturated heterocycles. The van der Waals surface area contributed by atoms with Gasteiger partial charge in [-0.3, -0.25) is 14.3 Å². The molecule has 3 heterocycles. The molecule has 2 amide bonds. The van der Waals surface area contributed by atoms with E-state index in [-0.39, 0.29) is 23.9 Å². The Hall–Kier alpha value is -4.29. The summed E-state index contributed by atoms with van der Waals surface area (Å²) in [6.07, 6.45) is 6.18. The van der Waals surface area contributed by atoms with Gasteiger partial charge in [-0.1, -0.05) is 0 Å². The van der Waals surface area contributed by atoms with Crippen molar-refractivity contribution in [3.05, 3.63) is 54.1 Å². The van der Waals surface area contributed by atoms with Crippen molar-refractivity contribution in [1.29, 1.82) is 0 Å². The molecular formula is C25H29F2N9O2. The first-order valence-corrected chi connectivity index (χ1v) is 12.3. The molecule has 2 aliphatic rings. The van der Waals surface area contributed by atoms with Crippen LogP contribution in [-0.4, -0.2) is 70.7 Å². The molecule has 1 aromatic carbocycles. The monoisotopic (exact) mass is 525 g/mol. The van der Waals surface area contributed by atoms with Gasteiger partial charge in [0.25, 0.3) is 17.7 Å². The van der Waals surface area contributed by atoms with E-state index in [1.807, 2.05) is 23.7 Å². The molecule has 4 N–H and O–H groups in total. The molecule has 0 spiro atoms. The van der Waals surface area contributed by atoms with Gasteiger partial charge in [-0.2, -0.15) is 5.10 Å². The number of halogens is 2. The van der Waals surface area contributed by atoms with E-state index in [1.165, 1.54) is 11.1 Å². The highest BCUT2D eigenvalue weighted by Crippen LogP contribution is 2.35. The summed E-state index contributed by atoms with van der Waals surface area (Å²) < 4.78 is 31.4. The number of hydrogen-bond donors (Lipinski definition) is 3. The fourth-order valence-corrected chi connectivity index (χ4v) is 4.43. The van der Waals surface area contributed by atoms with Crippen molar-refractivity contribution in [3.8, 4) is 0 Å². The number of aromatic nitrogens is 4. The molecular weight excluding hydrogens is 496 g/mol. The second-order valence-electron chi connectivity index (χ2n) is 9.91. The van der Waals surface area contributed by atoms with Crippen LogP contribution >= 0.6 is 0 Å². The molecule has 38 heavy (non-hydrogen) atoms. The third kappa shape index (κ3) is 5.66. The first kappa shape index (κ1) is 25.4. The summed E-state index contributed by atoms with van der Waals surface area (Å²) in [4.78, 5) is 36.5. The molecule has 1 atom stereocenters.